The predicted molar refractivity (Wildman–Crippen MR) is 144 cm³/mol. The predicted octanol–water partition coefficient (Wildman–Crippen LogP) is 4.70. The Morgan fingerprint density at radius 2 is 1.76 bits per heavy atom. The van der Waals surface area contributed by atoms with Crippen molar-refractivity contribution in [3.05, 3.63) is 63.5 Å². The molecular weight excluding hydrogens is 470 g/mol. The number of ketones is 1. The number of aromatic nitrogens is 1. The van der Waals surface area contributed by atoms with E-state index in [2.05, 4.69) is 37.6 Å². The first-order valence-electron chi connectivity index (χ1n) is 13.0. The highest BCUT2D eigenvalue weighted by atomic mass is 16.5. The Balaban J connectivity index is 2.13. The monoisotopic (exact) mass is 509 g/mol. The van der Waals surface area contributed by atoms with Crippen LogP contribution in [0.4, 0.5) is 0 Å². The number of aryl methyl sites for hydroxylation is 1. The lowest BCUT2D eigenvalue weighted by Crippen LogP contribution is -2.33. The lowest BCUT2D eigenvalue weighted by atomic mass is 9.92. The van der Waals surface area contributed by atoms with E-state index in [4.69, 9.17) is 4.74 Å². The number of ether oxygens (including phenoxy) is 1. The van der Waals surface area contributed by atoms with Crippen LogP contribution in [0.5, 0.6) is 0 Å². The van der Waals surface area contributed by atoms with Crippen LogP contribution >= 0.6 is 0 Å². The fourth-order valence-electron chi connectivity index (χ4n) is 5.07. The van der Waals surface area contributed by atoms with Gasteiger partial charge in [-0.25, -0.2) is 4.79 Å². The molecule has 0 saturated carbocycles. The second-order valence-corrected chi connectivity index (χ2v) is 9.81. The average Bonchev–Trinajstić information content (AvgIpc) is 3.32. The molecule has 37 heavy (non-hydrogen) atoms. The molecule has 8 nitrogen and oxygen atoms in total. The molecule has 1 aromatic carbocycles. The minimum absolute atomic E-state index is 0.0340. The van der Waals surface area contributed by atoms with Gasteiger partial charge in [0.05, 0.1) is 18.7 Å². The first-order chi connectivity index (χ1) is 17.6. The van der Waals surface area contributed by atoms with E-state index in [1.807, 2.05) is 24.3 Å². The molecule has 1 amide bonds. The van der Waals surface area contributed by atoms with Crippen LogP contribution in [0.3, 0.4) is 0 Å². The Labute approximate surface area is 219 Å². The molecule has 1 fully saturated rings. The quantitative estimate of drug-likeness (QED) is 0.208. The molecule has 2 heterocycles. The number of carbonyl (C=O) groups is 3. The van der Waals surface area contributed by atoms with Crippen LogP contribution < -0.4 is 0 Å². The van der Waals surface area contributed by atoms with Crippen molar-refractivity contribution in [2.45, 2.75) is 59.9 Å². The molecular formula is C29H39N3O5. The number of carbonyl (C=O) groups excluding carboxylic acids is 3. The summed E-state index contributed by atoms with van der Waals surface area (Å²) in [4.78, 5) is 45.7. The van der Waals surface area contributed by atoms with Crippen molar-refractivity contribution >= 4 is 23.4 Å². The number of methoxy groups -OCH3 is 1. The highest BCUT2D eigenvalue weighted by Crippen LogP contribution is 2.41. The molecule has 8 heteroatoms. The first kappa shape index (κ1) is 28.2. The largest absolute Gasteiger partial charge is 0.507 e. The molecule has 1 atom stereocenters. The molecule has 3 rings (SSSR count). The SMILES string of the molecule is CCN(CC)CCCN1C(=O)C(=O)C(=C(O)c2c(C)[nH]c(C(=O)OC)c2C)[C@H]1c1ccc(C(C)C)cc1. The van der Waals surface area contributed by atoms with Crippen molar-refractivity contribution in [3.63, 3.8) is 0 Å². The smallest absolute Gasteiger partial charge is 0.354 e. The topological polar surface area (TPSA) is 103 Å². The standard InChI is InChI=1S/C29H39N3O5/c1-8-31(9-2)15-10-16-32-25(21-13-11-20(12-14-21)17(3)4)23(27(34)28(32)35)26(33)22-18(5)24(29(36)37-7)30-19(22)6/h11-14,17,25,30,33H,8-10,15-16H2,1-7H3/t25-/m1/s1. The molecule has 0 unspecified atom stereocenters. The van der Waals surface area contributed by atoms with Gasteiger partial charge in [0.2, 0.25) is 0 Å². The van der Waals surface area contributed by atoms with E-state index in [1.165, 1.54) is 7.11 Å². The highest BCUT2D eigenvalue weighted by molar-refractivity contribution is 6.46. The molecule has 1 aliphatic rings. The summed E-state index contributed by atoms with van der Waals surface area (Å²) in [6.45, 7) is 14.8. The van der Waals surface area contributed by atoms with Gasteiger partial charge in [0.25, 0.3) is 11.7 Å². The summed E-state index contributed by atoms with van der Waals surface area (Å²) in [5, 5.41) is 11.5. The Hall–Kier alpha value is -3.39. The number of aromatic amines is 1. The lowest BCUT2D eigenvalue weighted by Gasteiger charge is -2.27. The lowest BCUT2D eigenvalue weighted by molar-refractivity contribution is -0.140. The Morgan fingerprint density at radius 3 is 2.30 bits per heavy atom. The summed E-state index contributed by atoms with van der Waals surface area (Å²) in [5.74, 6) is -1.88. The molecule has 0 radical (unpaired) electrons. The van der Waals surface area contributed by atoms with Crippen molar-refractivity contribution in [1.82, 2.24) is 14.8 Å². The zero-order valence-electron chi connectivity index (χ0n) is 23.0. The molecule has 2 aromatic rings. The minimum atomic E-state index is -0.729. The van der Waals surface area contributed by atoms with Crippen LogP contribution in [0.2, 0.25) is 0 Å². The van der Waals surface area contributed by atoms with Crippen LogP contribution in [0.25, 0.3) is 5.76 Å². The molecule has 1 aromatic heterocycles. The van der Waals surface area contributed by atoms with E-state index in [9.17, 15) is 19.5 Å². The molecule has 2 N–H and O–H groups in total. The van der Waals surface area contributed by atoms with Gasteiger partial charge in [-0.2, -0.15) is 0 Å². The van der Waals surface area contributed by atoms with Gasteiger partial charge < -0.3 is 24.6 Å². The van der Waals surface area contributed by atoms with Gasteiger partial charge in [0.15, 0.2) is 0 Å². The maximum atomic E-state index is 13.4. The van der Waals surface area contributed by atoms with E-state index >= 15 is 0 Å². The molecule has 0 bridgehead atoms. The third-order valence-corrected chi connectivity index (χ3v) is 7.29. The van der Waals surface area contributed by atoms with Gasteiger partial charge in [0, 0.05) is 17.8 Å². The maximum absolute atomic E-state index is 13.4. The number of aliphatic hydroxyl groups is 1. The van der Waals surface area contributed by atoms with Crippen molar-refractivity contribution in [1.29, 1.82) is 0 Å². The molecule has 200 valence electrons. The summed E-state index contributed by atoms with van der Waals surface area (Å²) >= 11 is 0. The third-order valence-electron chi connectivity index (χ3n) is 7.29. The average molecular weight is 510 g/mol. The molecule has 0 aliphatic carbocycles. The van der Waals surface area contributed by atoms with Gasteiger partial charge in [-0.1, -0.05) is 52.0 Å². The fraction of sp³-hybridized carbons (Fsp3) is 0.483. The van der Waals surface area contributed by atoms with Crippen molar-refractivity contribution in [3.8, 4) is 0 Å². The van der Waals surface area contributed by atoms with Crippen LogP contribution in [-0.2, 0) is 14.3 Å². The zero-order valence-corrected chi connectivity index (χ0v) is 23.0. The summed E-state index contributed by atoms with van der Waals surface area (Å²) in [6, 6.07) is 7.12. The molecule has 1 aliphatic heterocycles. The van der Waals surface area contributed by atoms with Crippen LogP contribution in [0.1, 0.15) is 84.5 Å². The number of rotatable bonds is 10. The number of H-pyrrole nitrogens is 1. The van der Waals surface area contributed by atoms with E-state index in [0.29, 0.717) is 35.7 Å². The number of hydrogen-bond acceptors (Lipinski definition) is 6. The molecule has 1 saturated heterocycles. The highest BCUT2D eigenvalue weighted by Gasteiger charge is 2.46. The summed E-state index contributed by atoms with van der Waals surface area (Å²) < 4.78 is 4.85. The van der Waals surface area contributed by atoms with Crippen molar-refractivity contribution in [2.75, 3.05) is 33.3 Å². The van der Waals surface area contributed by atoms with E-state index in [-0.39, 0.29) is 17.0 Å². The summed E-state index contributed by atoms with van der Waals surface area (Å²) in [7, 11) is 1.28. The summed E-state index contributed by atoms with van der Waals surface area (Å²) in [5.41, 5.74) is 3.44. The van der Waals surface area contributed by atoms with E-state index in [1.54, 1.807) is 18.7 Å². The molecule has 0 spiro atoms. The minimum Gasteiger partial charge on any atom is -0.507 e. The number of nitrogens with one attached hydrogen (secondary N) is 1. The van der Waals surface area contributed by atoms with Gasteiger partial charge in [-0.3, -0.25) is 9.59 Å². The van der Waals surface area contributed by atoms with E-state index < -0.39 is 23.7 Å². The Morgan fingerprint density at radius 1 is 1.14 bits per heavy atom. The van der Waals surface area contributed by atoms with Crippen LogP contribution in [0.15, 0.2) is 29.8 Å². The van der Waals surface area contributed by atoms with Crippen molar-refractivity contribution < 1.29 is 24.2 Å². The first-order valence-corrected chi connectivity index (χ1v) is 13.0. The number of amides is 1. The number of nitrogens with zero attached hydrogens (tertiary/aromatic N) is 2. The van der Waals surface area contributed by atoms with Gasteiger partial charge in [0.1, 0.15) is 11.5 Å². The number of hydrogen-bond donors (Lipinski definition) is 2. The second-order valence-electron chi connectivity index (χ2n) is 9.81. The third kappa shape index (κ3) is 5.49. The number of likely N-dealkylation sites (tertiary alicyclic amines) is 1. The second kappa shape index (κ2) is 11.8. The number of benzene rings is 1. The van der Waals surface area contributed by atoms with Gasteiger partial charge in [-0.15, -0.1) is 0 Å². The van der Waals surface area contributed by atoms with Gasteiger partial charge in [-0.05, 0) is 62.5 Å². The zero-order chi connectivity index (χ0) is 27.4. The van der Waals surface area contributed by atoms with Crippen LogP contribution in [-0.4, -0.2) is 70.8 Å². The van der Waals surface area contributed by atoms with Gasteiger partial charge >= 0.3 is 5.97 Å². The van der Waals surface area contributed by atoms with Crippen molar-refractivity contribution in [2.24, 2.45) is 0 Å². The fourth-order valence-corrected chi connectivity index (χ4v) is 5.07. The normalized spacial score (nSPS) is 17.3. The number of Topliss-reactive ketones (excluding diaryl/α,β-unsaturated/α-hetero) is 1. The number of esters is 1. The maximum Gasteiger partial charge on any atom is 0.354 e. The summed E-state index contributed by atoms with van der Waals surface area (Å²) in [6.07, 6.45) is 0.698. The Kier molecular flexibility index (Phi) is 8.97. The Bertz CT molecular complexity index is 1190. The van der Waals surface area contributed by atoms with E-state index in [0.717, 1.165) is 30.8 Å². The number of aliphatic hydroxyl groups excluding tert-OH is 1. The van der Waals surface area contributed by atoms with Crippen LogP contribution in [0, 0.1) is 13.8 Å².